The Balaban J connectivity index is 1.70. The molecular weight excluding hydrogens is 438 g/mol. The minimum Gasteiger partial charge on any atom is -0.460 e. The number of nitrogens with two attached hydrogens (primary N) is 1. The summed E-state index contributed by atoms with van der Waals surface area (Å²) in [6.07, 6.45) is 0.867. The maximum atomic E-state index is 13.9. The van der Waals surface area contributed by atoms with Crippen molar-refractivity contribution >= 4 is 44.5 Å². The van der Waals surface area contributed by atoms with Crippen molar-refractivity contribution in [1.29, 1.82) is 0 Å². The molecule has 2 N–H and O–H groups in total. The SMILES string of the molecule is CN(C(=O)C1(CC(=O)OC(C)(C)C)Cc2ccccc2C1)c1nc2c(C(N)=O)cccc2s1. The molecule has 0 bridgehead atoms. The van der Waals surface area contributed by atoms with Gasteiger partial charge in [-0.3, -0.25) is 19.3 Å². The topological polar surface area (TPSA) is 103 Å². The Morgan fingerprint density at radius 3 is 2.30 bits per heavy atom. The Bertz CT molecular complexity index is 1230. The molecule has 1 aromatic heterocycles. The van der Waals surface area contributed by atoms with Crippen LogP contribution in [0.4, 0.5) is 5.13 Å². The molecule has 0 fully saturated rings. The van der Waals surface area contributed by atoms with E-state index in [-0.39, 0.29) is 12.3 Å². The van der Waals surface area contributed by atoms with E-state index >= 15 is 0 Å². The van der Waals surface area contributed by atoms with Crippen LogP contribution in [0.1, 0.15) is 48.7 Å². The molecule has 0 atom stereocenters. The lowest BCUT2D eigenvalue weighted by Gasteiger charge is -2.31. The summed E-state index contributed by atoms with van der Waals surface area (Å²) in [5.74, 6) is -1.18. The average Bonchev–Trinajstić information content (AvgIpc) is 3.32. The van der Waals surface area contributed by atoms with Gasteiger partial charge >= 0.3 is 5.97 Å². The van der Waals surface area contributed by atoms with Crippen LogP contribution in [-0.2, 0) is 27.2 Å². The quantitative estimate of drug-likeness (QED) is 0.576. The van der Waals surface area contributed by atoms with Crippen LogP contribution in [0, 0.1) is 5.41 Å². The number of nitrogens with zero attached hydrogens (tertiary/aromatic N) is 2. The van der Waals surface area contributed by atoms with E-state index in [1.54, 1.807) is 19.2 Å². The predicted molar refractivity (Wildman–Crippen MR) is 128 cm³/mol. The zero-order chi connectivity index (χ0) is 24.0. The van der Waals surface area contributed by atoms with Crippen LogP contribution in [0.25, 0.3) is 10.2 Å². The number of anilines is 1. The number of ether oxygens (including phenoxy) is 1. The number of hydrogen-bond acceptors (Lipinski definition) is 6. The lowest BCUT2D eigenvalue weighted by molar-refractivity contribution is -0.159. The number of fused-ring (bicyclic) bond motifs is 2. The Hall–Kier alpha value is -3.26. The maximum absolute atomic E-state index is 13.9. The number of carbonyl (C=O) groups excluding carboxylic acids is 3. The van der Waals surface area contributed by atoms with Crippen LogP contribution in [-0.4, -0.2) is 35.4 Å². The van der Waals surface area contributed by atoms with Gasteiger partial charge in [0.1, 0.15) is 5.60 Å². The van der Waals surface area contributed by atoms with Crippen LogP contribution in [0.3, 0.4) is 0 Å². The van der Waals surface area contributed by atoms with Gasteiger partial charge in [-0.2, -0.15) is 0 Å². The third-order valence-electron chi connectivity index (χ3n) is 5.80. The fourth-order valence-electron chi connectivity index (χ4n) is 4.42. The maximum Gasteiger partial charge on any atom is 0.307 e. The number of aromatic nitrogens is 1. The van der Waals surface area contributed by atoms with Crippen molar-refractivity contribution in [3.8, 4) is 0 Å². The summed E-state index contributed by atoms with van der Waals surface area (Å²) in [4.78, 5) is 44.6. The zero-order valence-corrected chi connectivity index (χ0v) is 20.0. The fourth-order valence-corrected chi connectivity index (χ4v) is 5.37. The number of rotatable bonds is 5. The number of carbonyl (C=O) groups is 3. The van der Waals surface area contributed by atoms with Gasteiger partial charge in [-0.25, -0.2) is 4.98 Å². The Morgan fingerprint density at radius 2 is 1.73 bits per heavy atom. The number of amides is 2. The van der Waals surface area contributed by atoms with Crippen LogP contribution in [0.15, 0.2) is 42.5 Å². The summed E-state index contributed by atoms with van der Waals surface area (Å²) < 4.78 is 6.34. The molecule has 0 saturated heterocycles. The molecule has 2 amide bonds. The molecule has 0 saturated carbocycles. The Kier molecular flexibility index (Phi) is 5.74. The minimum atomic E-state index is -0.967. The van der Waals surface area contributed by atoms with Crippen LogP contribution in [0.5, 0.6) is 0 Å². The molecule has 8 heteroatoms. The first-order chi connectivity index (χ1) is 15.5. The summed E-state index contributed by atoms with van der Waals surface area (Å²) in [7, 11) is 1.66. The lowest BCUT2D eigenvalue weighted by atomic mass is 9.80. The molecule has 4 rings (SSSR count). The van der Waals surface area contributed by atoms with Crippen molar-refractivity contribution in [1.82, 2.24) is 4.98 Å². The van der Waals surface area contributed by atoms with Gasteiger partial charge < -0.3 is 10.5 Å². The van der Waals surface area contributed by atoms with Crippen molar-refractivity contribution in [2.24, 2.45) is 11.1 Å². The number of esters is 1. The van der Waals surface area contributed by atoms with E-state index < -0.39 is 22.9 Å². The van der Waals surface area contributed by atoms with Crippen LogP contribution in [0.2, 0.25) is 0 Å². The van der Waals surface area contributed by atoms with Crippen LogP contribution >= 0.6 is 11.3 Å². The molecule has 1 aliphatic rings. The number of thiazole rings is 1. The molecule has 172 valence electrons. The molecule has 1 heterocycles. The second-order valence-corrected chi connectivity index (χ2v) is 10.6. The molecule has 0 unspecified atom stereocenters. The van der Waals surface area contributed by atoms with Crippen molar-refractivity contribution in [3.05, 3.63) is 59.2 Å². The second-order valence-electron chi connectivity index (χ2n) is 9.54. The van der Waals surface area contributed by atoms with Gasteiger partial charge in [-0.15, -0.1) is 0 Å². The van der Waals surface area contributed by atoms with Gasteiger partial charge in [-0.05, 0) is 56.9 Å². The van der Waals surface area contributed by atoms with E-state index in [2.05, 4.69) is 4.98 Å². The number of hydrogen-bond donors (Lipinski definition) is 1. The highest BCUT2D eigenvalue weighted by Crippen LogP contribution is 2.43. The second kappa shape index (κ2) is 8.26. The van der Waals surface area contributed by atoms with E-state index in [1.807, 2.05) is 51.1 Å². The first-order valence-electron chi connectivity index (χ1n) is 10.8. The monoisotopic (exact) mass is 465 g/mol. The largest absolute Gasteiger partial charge is 0.460 e. The lowest BCUT2D eigenvalue weighted by Crippen LogP contribution is -2.45. The molecule has 0 radical (unpaired) electrons. The minimum absolute atomic E-state index is 0.0282. The molecule has 0 aliphatic heterocycles. The van der Waals surface area contributed by atoms with E-state index in [0.717, 1.165) is 15.8 Å². The summed E-state index contributed by atoms with van der Waals surface area (Å²) in [6, 6.07) is 13.1. The molecule has 7 nitrogen and oxygen atoms in total. The van der Waals surface area contributed by atoms with Crippen molar-refractivity contribution in [3.63, 3.8) is 0 Å². The third-order valence-corrected chi connectivity index (χ3v) is 6.89. The highest BCUT2D eigenvalue weighted by molar-refractivity contribution is 7.22. The summed E-state index contributed by atoms with van der Waals surface area (Å²) in [6.45, 7) is 5.44. The van der Waals surface area contributed by atoms with Gasteiger partial charge in [0.2, 0.25) is 5.91 Å². The molecule has 1 aliphatic carbocycles. The van der Waals surface area contributed by atoms with E-state index in [1.165, 1.54) is 16.2 Å². The molecule has 33 heavy (non-hydrogen) atoms. The van der Waals surface area contributed by atoms with Gasteiger partial charge in [0.25, 0.3) is 5.91 Å². The molecule has 2 aromatic carbocycles. The van der Waals surface area contributed by atoms with E-state index in [4.69, 9.17) is 10.5 Å². The Labute approximate surface area is 196 Å². The Morgan fingerprint density at radius 1 is 1.09 bits per heavy atom. The molecule has 0 spiro atoms. The average molecular weight is 466 g/mol. The van der Waals surface area contributed by atoms with Crippen molar-refractivity contribution in [2.45, 2.75) is 45.6 Å². The molecular formula is C25H27N3O4S. The third kappa shape index (κ3) is 4.48. The highest BCUT2D eigenvalue weighted by Gasteiger charge is 2.48. The van der Waals surface area contributed by atoms with E-state index in [9.17, 15) is 14.4 Å². The zero-order valence-electron chi connectivity index (χ0n) is 19.2. The standard InChI is InChI=1S/C25H27N3O4S/c1-24(2,3)32-19(29)14-25(12-15-8-5-6-9-16(15)13-25)22(31)28(4)23-27-20-17(21(26)30)10-7-11-18(20)33-23/h5-11H,12-14H2,1-4H3,(H2,26,30). The number of primary amides is 1. The first-order valence-corrected chi connectivity index (χ1v) is 11.6. The van der Waals surface area contributed by atoms with Crippen molar-refractivity contribution < 1.29 is 19.1 Å². The molecule has 3 aromatic rings. The fraction of sp³-hybridized carbons (Fsp3) is 0.360. The smallest absolute Gasteiger partial charge is 0.307 e. The first kappa shape index (κ1) is 22.9. The van der Waals surface area contributed by atoms with Gasteiger partial charge in [-0.1, -0.05) is 41.7 Å². The summed E-state index contributed by atoms with van der Waals surface area (Å²) >= 11 is 1.31. The van der Waals surface area contributed by atoms with Gasteiger partial charge in [0.05, 0.1) is 27.6 Å². The number of benzene rings is 2. The predicted octanol–water partition coefficient (Wildman–Crippen LogP) is 3.88. The van der Waals surface area contributed by atoms with Crippen LogP contribution < -0.4 is 10.6 Å². The number of para-hydroxylation sites is 1. The summed E-state index contributed by atoms with van der Waals surface area (Å²) in [5, 5.41) is 0.447. The van der Waals surface area contributed by atoms with E-state index in [0.29, 0.717) is 29.1 Å². The highest BCUT2D eigenvalue weighted by atomic mass is 32.1. The van der Waals surface area contributed by atoms with Gasteiger partial charge in [0.15, 0.2) is 5.13 Å². The van der Waals surface area contributed by atoms with Gasteiger partial charge in [0, 0.05) is 7.05 Å². The normalized spacial score (nSPS) is 14.7. The summed E-state index contributed by atoms with van der Waals surface area (Å²) in [5.41, 5.74) is 6.79. The van der Waals surface area contributed by atoms with Crippen molar-refractivity contribution in [2.75, 3.05) is 11.9 Å².